The van der Waals surface area contributed by atoms with Gasteiger partial charge in [0.1, 0.15) is 17.3 Å². The molecule has 0 amide bonds. The van der Waals surface area contributed by atoms with Gasteiger partial charge >= 0.3 is 5.97 Å². The Hall–Kier alpha value is -4.22. The monoisotopic (exact) mass is 671 g/mol. The second-order valence-corrected chi connectivity index (χ2v) is 13.9. The van der Waals surface area contributed by atoms with Gasteiger partial charge in [-0.2, -0.15) is 10.2 Å². The number of nitrogens with one attached hydrogen (secondary N) is 1. The van der Waals surface area contributed by atoms with E-state index in [4.69, 9.17) is 9.84 Å². The lowest BCUT2D eigenvalue weighted by Crippen LogP contribution is -2.09. The lowest BCUT2D eigenvalue weighted by Gasteiger charge is -2.13. The highest BCUT2D eigenvalue weighted by molar-refractivity contribution is 7.99. The van der Waals surface area contributed by atoms with Crippen LogP contribution in [0, 0.1) is 5.82 Å². The highest BCUT2D eigenvalue weighted by atomic mass is 32.2. The molecule has 8 nitrogen and oxygen atoms in total. The molecule has 0 saturated heterocycles. The number of aromatic carboxylic acids is 1. The van der Waals surface area contributed by atoms with E-state index in [1.54, 1.807) is 53.5 Å². The molecule has 8 bridgehead atoms. The van der Waals surface area contributed by atoms with Gasteiger partial charge in [0.05, 0.1) is 17.8 Å². The number of carboxylic acid groups (broad SMARTS) is 1. The topological polar surface area (TPSA) is 93.7 Å². The number of thioether (sulfide) groups is 2. The van der Waals surface area contributed by atoms with Crippen LogP contribution < -0.4 is 10.2 Å². The highest BCUT2D eigenvalue weighted by Gasteiger charge is 2.23. The van der Waals surface area contributed by atoms with Gasteiger partial charge in [0, 0.05) is 69.2 Å². The predicted octanol–water partition coefficient (Wildman–Crippen LogP) is 8.43. The lowest BCUT2D eigenvalue weighted by molar-refractivity contribution is 0.0685. The van der Waals surface area contributed by atoms with Crippen LogP contribution in [0.2, 0.25) is 0 Å². The average molecular weight is 672 g/mol. The summed E-state index contributed by atoms with van der Waals surface area (Å²) in [6.07, 6.45) is 4.50. The number of aromatic nitrogens is 3. The molecule has 0 radical (unpaired) electrons. The van der Waals surface area contributed by atoms with Gasteiger partial charge in [-0.3, -0.25) is 10.1 Å². The van der Waals surface area contributed by atoms with Crippen LogP contribution in [0.1, 0.15) is 66.2 Å². The van der Waals surface area contributed by atoms with Crippen molar-refractivity contribution in [3.05, 3.63) is 94.3 Å². The maximum atomic E-state index is 15.3. The maximum Gasteiger partial charge on any atom is 0.352 e. The van der Waals surface area contributed by atoms with Crippen molar-refractivity contribution in [3.8, 4) is 5.75 Å². The molecule has 6 rings (SSSR count). The number of hydrogen-bond donors (Lipinski definition) is 2. The van der Waals surface area contributed by atoms with Crippen molar-refractivity contribution in [3.63, 3.8) is 0 Å². The van der Waals surface area contributed by atoms with Gasteiger partial charge in [0.25, 0.3) is 0 Å². The molecule has 0 unspecified atom stereocenters. The van der Waals surface area contributed by atoms with E-state index in [-0.39, 0.29) is 11.7 Å². The first-order valence-electron chi connectivity index (χ1n) is 15.6. The van der Waals surface area contributed by atoms with E-state index in [0.717, 1.165) is 38.6 Å². The van der Waals surface area contributed by atoms with E-state index in [0.29, 0.717) is 52.9 Å². The predicted molar refractivity (Wildman–Crippen MR) is 191 cm³/mol. The number of benzene rings is 3. The Balaban J connectivity index is 1.37. The minimum Gasteiger partial charge on any atom is -0.493 e. The Kier molecular flexibility index (Phi) is 9.93. The van der Waals surface area contributed by atoms with Crippen molar-refractivity contribution in [1.29, 1.82) is 0 Å². The van der Waals surface area contributed by atoms with Crippen molar-refractivity contribution in [2.45, 2.75) is 56.1 Å². The maximum absolute atomic E-state index is 15.3. The zero-order chi connectivity index (χ0) is 33.1. The quantitative estimate of drug-likeness (QED) is 0.195. The molecular formula is C36H38FN5O3S2. The Bertz CT molecular complexity index is 2010. The number of halogens is 1. The fourth-order valence-electron chi connectivity index (χ4n) is 6.10. The first kappa shape index (κ1) is 32.7. The summed E-state index contributed by atoms with van der Waals surface area (Å²) >= 11 is 3.47. The van der Waals surface area contributed by atoms with E-state index in [1.807, 2.05) is 19.1 Å². The minimum absolute atomic E-state index is 0.152. The van der Waals surface area contributed by atoms with E-state index in [9.17, 15) is 9.90 Å². The first-order chi connectivity index (χ1) is 22.7. The van der Waals surface area contributed by atoms with E-state index >= 15 is 4.39 Å². The average Bonchev–Trinajstić information content (AvgIpc) is 3.59. The van der Waals surface area contributed by atoms with Crippen LogP contribution in [-0.4, -0.2) is 44.0 Å². The van der Waals surface area contributed by atoms with Crippen LogP contribution in [0.5, 0.6) is 5.75 Å². The fourth-order valence-corrected chi connectivity index (χ4v) is 7.68. The van der Waals surface area contributed by atoms with Gasteiger partial charge < -0.3 is 14.4 Å². The molecule has 2 aromatic heterocycles. The SMILES string of the molecule is C/C1=C\c2c(F)ccc3c(c(C(=O)O)n(C)c23)CCCOc2cc(cc3ccccc23)SCc2cc(nn2C(C)C)CSC/C=N/N1. The molecule has 11 heteroatoms. The summed E-state index contributed by atoms with van der Waals surface area (Å²) in [5.41, 5.74) is 7.48. The standard InChI is InChI=1S/C36H38FN5O3S2/c1-22(2)42-26-18-25(40-42)20-46-15-13-38-39-23(3)16-31-32(37)12-11-30-29(35(36(43)44)41(4)34(30)31)10-7-14-45-33-19-27(47-21-26)17-24-8-5-6-9-28(24)33/h5-6,8-9,11-13,16-19,22,39H,7,10,14-15,20-21H2,1-4H3,(H,43,44)/b23-16+,38-13+. The number of carboxylic acids is 1. The van der Waals surface area contributed by atoms with Crippen molar-refractivity contribution >= 4 is 63.5 Å². The summed E-state index contributed by atoms with van der Waals surface area (Å²) in [6.45, 7) is 6.49. The molecular weight excluding hydrogens is 634 g/mol. The van der Waals surface area contributed by atoms with Crippen molar-refractivity contribution in [1.82, 2.24) is 19.8 Å². The molecule has 1 aliphatic rings. The molecule has 3 heterocycles. The Labute approximate surface area is 282 Å². The Morgan fingerprint density at radius 3 is 2.74 bits per heavy atom. The summed E-state index contributed by atoms with van der Waals surface area (Å²) in [7, 11) is 1.68. The van der Waals surface area contributed by atoms with E-state index < -0.39 is 11.8 Å². The molecule has 0 saturated carbocycles. The number of fused-ring (bicyclic) bond motifs is 6. The van der Waals surface area contributed by atoms with Crippen LogP contribution in [-0.2, 0) is 25.0 Å². The fraction of sp³-hybridized carbons (Fsp3) is 0.306. The Morgan fingerprint density at radius 2 is 1.94 bits per heavy atom. The van der Waals surface area contributed by atoms with E-state index in [1.165, 1.54) is 11.8 Å². The zero-order valence-corrected chi connectivity index (χ0v) is 28.6. The number of hydrogen-bond acceptors (Lipinski definition) is 7. The third-order valence-corrected chi connectivity index (χ3v) is 10.0. The van der Waals surface area contributed by atoms with Crippen LogP contribution in [0.15, 0.2) is 70.3 Å². The smallest absolute Gasteiger partial charge is 0.352 e. The molecule has 47 heavy (non-hydrogen) atoms. The van der Waals surface area contributed by atoms with E-state index in [2.05, 4.69) is 59.4 Å². The van der Waals surface area contributed by atoms with Crippen LogP contribution in [0.4, 0.5) is 4.39 Å². The molecule has 0 atom stereocenters. The minimum atomic E-state index is -1.05. The highest BCUT2D eigenvalue weighted by Crippen LogP contribution is 2.35. The number of nitrogens with zero attached hydrogens (tertiary/aromatic N) is 4. The van der Waals surface area contributed by atoms with Crippen LogP contribution >= 0.6 is 23.5 Å². The second kappa shape index (κ2) is 14.3. The van der Waals surface area contributed by atoms with Crippen LogP contribution in [0.25, 0.3) is 27.8 Å². The second-order valence-electron chi connectivity index (χ2n) is 11.9. The van der Waals surface area contributed by atoms with Gasteiger partial charge in [-0.25, -0.2) is 9.18 Å². The molecule has 244 valence electrons. The molecule has 1 aliphatic heterocycles. The normalized spacial score (nSPS) is 16.8. The number of carbonyl (C=O) groups is 1. The van der Waals surface area contributed by atoms with Gasteiger partial charge in [0.15, 0.2) is 0 Å². The number of aryl methyl sites for hydroxylation is 2. The van der Waals surface area contributed by atoms with Gasteiger partial charge in [0.2, 0.25) is 0 Å². The van der Waals surface area contributed by atoms with Crippen LogP contribution in [0.3, 0.4) is 0 Å². The van der Waals surface area contributed by atoms with Gasteiger partial charge in [-0.1, -0.05) is 24.3 Å². The lowest BCUT2D eigenvalue weighted by atomic mass is 10.0. The van der Waals surface area contributed by atoms with Crippen molar-refractivity contribution < 1.29 is 19.0 Å². The molecule has 3 aromatic carbocycles. The summed E-state index contributed by atoms with van der Waals surface area (Å²) in [5.74, 6) is 1.51. The van der Waals surface area contributed by atoms with Gasteiger partial charge in [-0.05, 0) is 81.0 Å². The summed E-state index contributed by atoms with van der Waals surface area (Å²) in [4.78, 5) is 13.6. The zero-order valence-electron chi connectivity index (χ0n) is 26.9. The molecule has 0 aliphatic carbocycles. The largest absolute Gasteiger partial charge is 0.493 e. The number of hydrazone groups is 1. The number of allylic oxidation sites excluding steroid dienone is 1. The number of rotatable bonds is 2. The molecule has 0 fully saturated rings. The molecule has 2 N–H and O–H groups in total. The summed E-state index contributed by atoms with van der Waals surface area (Å²) in [5, 5.41) is 22.3. The first-order valence-corrected chi connectivity index (χ1v) is 17.8. The number of ether oxygens (including phenoxy) is 1. The van der Waals surface area contributed by atoms with Gasteiger partial charge in [-0.15, -0.1) is 23.5 Å². The van der Waals surface area contributed by atoms with Crippen molar-refractivity contribution in [2.75, 3.05) is 12.4 Å². The van der Waals surface area contributed by atoms with Crippen molar-refractivity contribution in [2.24, 2.45) is 12.1 Å². The molecule has 0 spiro atoms. The summed E-state index contributed by atoms with van der Waals surface area (Å²) in [6, 6.07) is 18.0. The third-order valence-electron chi connectivity index (χ3n) is 8.15. The molecule has 5 aromatic rings. The third kappa shape index (κ3) is 7.06. The Morgan fingerprint density at radius 1 is 1.11 bits per heavy atom. The summed E-state index contributed by atoms with van der Waals surface area (Å²) < 4.78 is 25.4.